The maximum absolute atomic E-state index is 6.23. The van der Waals surface area contributed by atoms with E-state index in [-0.39, 0.29) is 0 Å². The Morgan fingerprint density at radius 2 is 1.89 bits per heavy atom. The lowest BCUT2D eigenvalue weighted by Crippen LogP contribution is -2.49. The minimum Gasteiger partial charge on any atom is -0.369 e. The van der Waals surface area contributed by atoms with Gasteiger partial charge in [0.1, 0.15) is 0 Å². The molecule has 1 fully saturated rings. The molecule has 19 heavy (non-hydrogen) atoms. The van der Waals surface area contributed by atoms with E-state index in [1.807, 2.05) is 12.1 Å². The summed E-state index contributed by atoms with van der Waals surface area (Å²) in [4.78, 5) is 4.96. The molecular weight excluding hydrogens is 279 g/mol. The van der Waals surface area contributed by atoms with E-state index in [4.69, 9.17) is 23.2 Å². The highest BCUT2D eigenvalue weighted by Gasteiger charge is 2.22. The minimum atomic E-state index is 0.473. The molecule has 0 amide bonds. The molecule has 1 atom stereocenters. The van der Waals surface area contributed by atoms with Crippen molar-refractivity contribution in [1.29, 1.82) is 0 Å². The number of piperazine rings is 1. The van der Waals surface area contributed by atoms with Crippen LogP contribution in [0.3, 0.4) is 0 Å². The summed E-state index contributed by atoms with van der Waals surface area (Å²) in [7, 11) is 0. The summed E-state index contributed by atoms with van der Waals surface area (Å²) in [6.07, 6.45) is 1.21. The van der Waals surface area contributed by atoms with Gasteiger partial charge in [0.15, 0.2) is 0 Å². The van der Waals surface area contributed by atoms with E-state index in [0.29, 0.717) is 11.9 Å². The van der Waals surface area contributed by atoms with Crippen LogP contribution in [0.15, 0.2) is 18.2 Å². The quantitative estimate of drug-likeness (QED) is 0.776. The van der Waals surface area contributed by atoms with Crippen LogP contribution in [0.5, 0.6) is 0 Å². The summed E-state index contributed by atoms with van der Waals surface area (Å²) in [5.41, 5.74) is 2.26. The first kappa shape index (κ1) is 15.0. The summed E-state index contributed by atoms with van der Waals surface area (Å²) < 4.78 is 0. The molecule has 0 radical (unpaired) electrons. The van der Waals surface area contributed by atoms with Gasteiger partial charge in [0.05, 0.1) is 5.88 Å². The van der Waals surface area contributed by atoms with E-state index in [9.17, 15) is 0 Å². The van der Waals surface area contributed by atoms with Gasteiger partial charge >= 0.3 is 0 Å². The summed E-state index contributed by atoms with van der Waals surface area (Å²) >= 11 is 12.3. The third kappa shape index (κ3) is 3.36. The second-order valence-corrected chi connectivity index (χ2v) is 5.83. The Kier molecular flexibility index (Phi) is 5.37. The zero-order valence-electron chi connectivity index (χ0n) is 11.7. The second-order valence-electron chi connectivity index (χ2n) is 5.15. The number of hydrogen-bond acceptors (Lipinski definition) is 2. The maximum atomic E-state index is 6.23. The van der Waals surface area contributed by atoms with Crippen LogP contribution in [0.4, 0.5) is 5.69 Å². The van der Waals surface area contributed by atoms with Crippen molar-refractivity contribution in [3.63, 3.8) is 0 Å². The Bertz CT molecular complexity index is 415. The minimum absolute atomic E-state index is 0.473. The van der Waals surface area contributed by atoms with E-state index in [1.54, 1.807) is 0 Å². The summed E-state index contributed by atoms with van der Waals surface area (Å²) in [5.74, 6) is 0.473. The van der Waals surface area contributed by atoms with E-state index in [1.165, 1.54) is 12.1 Å². The molecule has 1 aromatic carbocycles. The molecule has 1 aliphatic heterocycles. The van der Waals surface area contributed by atoms with Crippen LogP contribution in [0, 0.1) is 0 Å². The Labute approximate surface area is 126 Å². The first-order valence-corrected chi connectivity index (χ1v) is 7.91. The van der Waals surface area contributed by atoms with Crippen LogP contribution in [-0.4, -0.2) is 37.1 Å². The van der Waals surface area contributed by atoms with Crippen molar-refractivity contribution in [2.75, 3.05) is 31.1 Å². The second kappa shape index (κ2) is 6.83. The summed E-state index contributed by atoms with van der Waals surface area (Å²) in [6, 6.07) is 6.73. The zero-order chi connectivity index (χ0) is 13.8. The summed E-state index contributed by atoms with van der Waals surface area (Å²) in [6.45, 7) is 8.88. The predicted octanol–water partition coefficient (Wildman–Crippen LogP) is 4.00. The van der Waals surface area contributed by atoms with Crippen LogP contribution < -0.4 is 4.90 Å². The normalized spacial score (nSPS) is 18.6. The third-order valence-corrected chi connectivity index (χ3v) is 4.72. The third-order valence-electron chi connectivity index (χ3n) is 4.10. The Morgan fingerprint density at radius 3 is 2.47 bits per heavy atom. The van der Waals surface area contributed by atoms with Crippen molar-refractivity contribution in [1.82, 2.24) is 4.90 Å². The van der Waals surface area contributed by atoms with Crippen molar-refractivity contribution < 1.29 is 0 Å². The Morgan fingerprint density at radius 1 is 1.21 bits per heavy atom. The van der Waals surface area contributed by atoms with Gasteiger partial charge in [-0.15, -0.1) is 11.6 Å². The van der Waals surface area contributed by atoms with E-state index in [2.05, 4.69) is 29.7 Å². The molecule has 0 spiro atoms. The first-order chi connectivity index (χ1) is 9.17. The number of benzene rings is 1. The van der Waals surface area contributed by atoms with Gasteiger partial charge in [-0.05, 0) is 25.5 Å². The van der Waals surface area contributed by atoms with E-state index in [0.717, 1.165) is 36.8 Å². The molecule has 1 unspecified atom stereocenters. The van der Waals surface area contributed by atoms with Gasteiger partial charge in [0.2, 0.25) is 0 Å². The number of halogens is 2. The van der Waals surface area contributed by atoms with Gasteiger partial charge in [0.25, 0.3) is 0 Å². The van der Waals surface area contributed by atoms with Crippen LogP contribution in [0.25, 0.3) is 0 Å². The zero-order valence-corrected chi connectivity index (χ0v) is 13.2. The maximum Gasteiger partial charge on any atom is 0.0509 e. The highest BCUT2D eigenvalue weighted by Crippen LogP contribution is 2.30. The molecule has 2 rings (SSSR count). The number of nitrogens with zero attached hydrogens (tertiary/aromatic N) is 2. The Balaban J connectivity index is 2.08. The van der Waals surface area contributed by atoms with Gasteiger partial charge in [-0.2, -0.15) is 0 Å². The van der Waals surface area contributed by atoms with Crippen molar-refractivity contribution in [3.05, 3.63) is 28.8 Å². The van der Waals surface area contributed by atoms with Crippen LogP contribution in [-0.2, 0) is 5.88 Å². The van der Waals surface area contributed by atoms with Gasteiger partial charge in [-0.1, -0.05) is 24.6 Å². The van der Waals surface area contributed by atoms with Crippen LogP contribution in [0.1, 0.15) is 25.8 Å². The fraction of sp³-hybridized carbons (Fsp3) is 0.600. The average Bonchev–Trinajstić information content (AvgIpc) is 2.46. The number of anilines is 1. The molecule has 2 nitrogen and oxygen atoms in total. The highest BCUT2D eigenvalue weighted by atomic mass is 35.5. The lowest BCUT2D eigenvalue weighted by molar-refractivity contribution is 0.193. The van der Waals surface area contributed by atoms with Crippen molar-refractivity contribution in [2.45, 2.75) is 32.2 Å². The molecule has 0 N–H and O–H groups in total. The Hall–Kier alpha value is -0.440. The molecule has 1 aromatic rings. The summed E-state index contributed by atoms with van der Waals surface area (Å²) in [5, 5.41) is 0.775. The van der Waals surface area contributed by atoms with E-state index >= 15 is 0 Å². The first-order valence-electron chi connectivity index (χ1n) is 6.99. The number of hydrogen-bond donors (Lipinski definition) is 0. The standard InChI is InChI=1S/C15H22Cl2N2/c1-3-12(2)18-7-9-19(10-8-18)15-6-4-5-14(17)13(15)11-16/h4-6,12H,3,7-11H2,1-2H3. The fourth-order valence-corrected chi connectivity index (χ4v) is 3.22. The SMILES string of the molecule is CCC(C)N1CCN(c2cccc(Cl)c2CCl)CC1. The molecular formula is C15H22Cl2N2. The molecule has 1 heterocycles. The fourth-order valence-electron chi connectivity index (χ4n) is 2.64. The molecule has 0 aromatic heterocycles. The van der Waals surface area contributed by atoms with Crippen LogP contribution in [0.2, 0.25) is 5.02 Å². The number of rotatable bonds is 4. The van der Waals surface area contributed by atoms with Gasteiger partial charge in [-0.3, -0.25) is 4.90 Å². The highest BCUT2D eigenvalue weighted by molar-refractivity contribution is 6.32. The lowest BCUT2D eigenvalue weighted by atomic mass is 10.1. The molecule has 1 saturated heterocycles. The monoisotopic (exact) mass is 300 g/mol. The smallest absolute Gasteiger partial charge is 0.0509 e. The van der Waals surface area contributed by atoms with Gasteiger partial charge < -0.3 is 4.90 Å². The molecule has 1 aliphatic rings. The van der Waals surface area contributed by atoms with E-state index < -0.39 is 0 Å². The molecule has 4 heteroatoms. The molecule has 106 valence electrons. The number of alkyl halides is 1. The van der Waals surface area contributed by atoms with Gasteiger partial charge in [-0.25, -0.2) is 0 Å². The van der Waals surface area contributed by atoms with Crippen LogP contribution >= 0.6 is 23.2 Å². The molecule has 0 aliphatic carbocycles. The van der Waals surface area contributed by atoms with Crippen molar-refractivity contribution in [2.24, 2.45) is 0 Å². The largest absolute Gasteiger partial charge is 0.369 e. The molecule has 0 bridgehead atoms. The van der Waals surface area contributed by atoms with Crippen molar-refractivity contribution >= 4 is 28.9 Å². The average molecular weight is 301 g/mol. The lowest BCUT2D eigenvalue weighted by Gasteiger charge is -2.39. The van der Waals surface area contributed by atoms with Crippen molar-refractivity contribution in [3.8, 4) is 0 Å². The topological polar surface area (TPSA) is 6.48 Å². The van der Waals surface area contributed by atoms with Gasteiger partial charge in [0, 0.05) is 48.5 Å². The predicted molar refractivity (Wildman–Crippen MR) is 84.5 cm³/mol. The molecule has 0 saturated carbocycles.